The van der Waals surface area contributed by atoms with Crippen LogP contribution in [0.25, 0.3) is 0 Å². The number of nitriles is 1. The lowest BCUT2D eigenvalue weighted by Gasteiger charge is -2.30. The van der Waals surface area contributed by atoms with Crippen LogP contribution < -0.4 is 5.32 Å². The molecular weight excluding hydrogens is 142 g/mol. The van der Waals surface area contributed by atoms with Crippen LogP contribution in [0.2, 0.25) is 0 Å². The van der Waals surface area contributed by atoms with Crippen molar-refractivity contribution < 1.29 is 5.11 Å². The molecule has 1 fully saturated rings. The number of nitrogens with one attached hydrogen (secondary N) is 1. The van der Waals surface area contributed by atoms with E-state index in [4.69, 9.17) is 10.4 Å². The molecule has 0 amide bonds. The molecule has 0 aromatic rings. The molecule has 4 nitrogen and oxygen atoms in total. The average Bonchev–Trinajstić information content (AvgIpc) is 2.06. The fourth-order valence-electron chi connectivity index (χ4n) is 1.27. The molecule has 0 spiro atoms. The Hall–Kier alpha value is -0.630. The first kappa shape index (κ1) is 8.47. The Labute approximate surface area is 66.4 Å². The largest absolute Gasteiger partial charge is 0.395 e. The van der Waals surface area contributed by atoms with Crippen LogP contribution in [0, 0.1) is 11.3 Å². The van der Waals surface area contributed by atoms with Gasteiger partial charge in [-0.25, -0.2) is 0 Å². The summed E-state index contributed by atoms with van der Waals surface area (Å²) in [6.45, 7) is 3.24. The van der Waals surface area contributed by atoms with Crippen LogP contribution in [-0.2, 0) is 0 Å². The molecule has 11 heavy (non-hydrogen) atoms. The predicted octanol–water partition coefficient (Wildman–Crippen LogP) is -1.22. The number of nitrogens with zero attached hydrogens (tertiary/aromatic N) is 2. The molecule has 0 aliphatic carbocycles. The van der Waals surface area contributed by atoms with E-state index in [1.165, 1.54) is 0 Å². The molecule has 4 heteroatoms. The second kappa shape index (κ2) is 4.29. The van der Waals surface area contributed by atoms with Crippen molar-refractivity contribution in [3.63, 3.8) is 0 Å². The highest BCUT2D eigenvalue weighted by Gasteiger charge is 2.20. The van der Waals surface area contributed by atoms with Gasteiger partial charge in [0.05, 0.1) is 12.7 Å². The van der Waals surface area contributed by atoms with E-state index in [9.17, 15) is 0 Å². The minimum atomic E-state index is -0.0594. The molecular formula is C7H13N3O. The summed E-state index contributed by atoms with van der Waals surface area (Å²) >= 11 is 0. The molecule has 1 aliphatic heterocycles. The zero-order valence-electron chi connectivity index (χ0n) is 6.45. The summed E-state index contributed by atoms with van der Waals surface area (Å²) in [5.41, 5.74) is 0. The Bertz CT molecular complexity index is 152. The lowest BCUT2D eigenvalue weighted by molar-refractivity contribution is 0.152. The number of β-amino-alcohol motifs (C(OH)–C–C–N with tert-alkyl or cyclic N) is 1. The number of hydrogen-bond donors (Lipinski definition) is 2. The minimum Gasteiger partial charge on any atom is -0.395 e. The Morgan fingerprint density at radius 2 is 2.55 bits per heavy atom. The summed E-state index contributed by atoms with van der Waals surface area (Å²) in [5, 5.41) is 20.5. The van der Waals surface area contributed by atoms with Crippen molar-refractivity contribution in [3.8, 4) is 6.07 Å². The van der Waals surface area contributed by atoms with E-state index in [-0.39, 0.29) is 12.6 Å². The van der Waals surface area contributed by atoms with Gasteiger partial charge in [0.25, 0.3) is 0 Å². The quantitative estimate of drug-likeness (QED) is 0.524. The SMILES string of the molecule is N#CC1CNCCN1CCO. The normalized spacial score (nSPS) is 26.4. The molecule has 0 saturated carbocycles. The summed E-state index contributed by atoms with van der Waals surface area (Å²) in [5.74, 6) is 0. The van der Waals surface area contributed by atoms with Crippen LogP contribution in [0.1, 0.15) is 0 Å². The maximum atomic E-state index is 8.67. The lowest BCUT2D eigenvalue weighted by Crippen LogP contribution is -2.51. The van der Waals surface area contributed by atoms with E-state index in [1.54, 1.807) is 0 Å². The summed E-state index contributed by atoms with van der Waals surface area (Å²) in [6, 6.07) is 2.13. The van der Waals surface area contributed by atoms with Crippen LogP contribution in [0.15, 0.2) is 0 Å². The zero-order valence-corrected chi connectivity index (χ0v) is 6.45. The first-order chi connectivity index (χ1) is 5.38. The van der Waals surface area contributed by atoms with E-state index in [0.29, 0.717) is 6.54 Å². The number of piperazine rings is 1. The molecule has 2 N–H and O–H groups in total. The van der Waals surface area contributed by atoms with Crippen LogP contribution in [0.4, 0.5) is 0 Å². The van der Waals surface area contributed by atoms with E-state index >= 15 is 0 Å². The molecule has 1 rings (SSSR count). The van der Waals surface area contributed by atoms with E-state index in [0.717, 1.165) is 19.6 Å². The van der Waals surface area contributed by atoms with Crippen molar-refractivity contribution >= 4 is 0 Å². The van der Waals surface area contributed by atoms with Crippen molar-refractivity contribution in [1.29, 1.82) is 5.26 Å². The van der Waals surface area contributed by atoms with E-state index in [2.05, 4.69) is 11.4 Å². The fraction of sp³-hybridized carbons (Fsp3) is 0.857. The maximum absolute atomic E-state index is 8.67. The molecule has 0 aromatic heterocycles. The highest BCUT2D eigenvalue weighted by atomic mass is 16.3. The van der Waals surface area contributed by atoms with Crippen molar-refractivity contribution in [2.24, 2.45) is 0 Å². The Kier molecular flexibility index (Phi) is 3.30. The van der Waals surface area contributed by atoms with Gasteiger partial charge < -0.3 is 10.4 Å². The number of aliphatic hydroxyl groups excluding tert-OH is 1. The van der Waals surface area contributed by atoms with Gasteiger partial charge in [-0.05, 0) is 0 Å². The third-order valence-corrected chi connectivity index (χ3v) is 1.89. The van der Waals surface area contributed by atoms with Gasteiger partial charge in [-0.15, -0.1) is 0 Å². The third kappa shape index (κ3) is 2.15. The second-order valence-electron chi connectivity index (χ2n) is 2.61. The number of aliphatic hydroxyl groups is 1. The van der Waals surface area contributed by atoms with Gasteiger partial charge in [0.1, 0.15) is 6.04 Å². The molecule has 1 atom stereocenters. The van der Waals surface area contributed by atoms with Crippen LogP contribution in [0.5, 0.6) is 0 Å². The first-order valence-corrected chi connectivity index (χ1v) is 3.83. The predicted molar refractivity (Wildman–Crippen MR) is 40.9 cm³/mol. The first-order valence-electron chi connectivity index (χ1n) is 3.83. The highest BCUT2D eigenvalue weighted by Crippen LogP contribution is 2.00. The third-order valence-electron chi connectivity index (χ3n) is 1.89. The van der Waals surface area contributed by atoms with Crippen molar-refractivity contribution in [2.75, 3.05) is 32.8 Å². The summed E-state index contributed by atoms with van der Waals surface area (Å²) in [4.78, 5) is 2.00. The molecule has 62 valence electrons. The van der Waals surface area contributed by atoms with Gasteiger partial charge in [0.2, 0.25) is 0 Å². The van der Waals surface area contributed by atoms with Crippen molar-refractivity contribution in [1.82, 2.24) is 10.2 Å². The Morgan fingerprint density at radius 3 is 3.18 bits per heavy atom. The zero-order chi connectivity index (χ0) is 8.10. The second-order valence-corrected chi connectivity index (χ2v) is 2.61. The summed E-state index contributed by atoms with van der Waals surface area (Å²) in [6.07, 6.45) is 0. The smallest absolute Gasteiger partial charge is 0.110 e. The van der Waals surface area contributed by atoms with Gasteiger partial charge in [-0.1, -0.05) is 0 Å². The topological polar surface area (TPSA) is 59.3 Å². The summed E-state index contributed by atoms with van der Waals surface area (Å²) < 4.78 is 0. The number of hydrogen-bond acceptors (Lipinski definition) is 4. The van der Waals surface area contributed by atoms with Gasteiger partial charge in [0.15, 0.2) is 0 Å². The maximum Gasteiger partial charge on any atom is 0.110 e. The van der Waals surface area contributed by atoms with E-state index < -0.39 is 0 Å². The van der Waals surface area contributed by atoms with Gasteiger partial charge >= 0.3 is 0 Å². The lowest BCUT2D eigenvalue weighted by atomic mass is 10.2. The minimum absolute atomic E-state index is 0.0594. The van der Waals surface area contributed by atoms with Crippen LogP contribution in [-0.4, -0.2) is 48.8 Å². The van der Waals surface area contributed by atoms with Gasteiger partial charge in [-0.3, -0.25) is 4.90 Å². The van der Waals surface area contributed by atoms with Crippen LogP contribution in [0.3, 0.4) is 0 Å². The highest BCUT2D eigenvalue weighted by molar-refractivity contribution is 4.95. The van der Waals surface area contributed by atoms with Gasteiger partial charge in [-0.2, -0.15) is 5.26 Å². The number of rotatable bonds is 2. The molecule has 0 bridgehead atoms. The molecule has 0 aromatic carbocycles. The Balaban J connectivity index is 2.39. The van der Waals surface area contributed by atoms with E-state index in [1.807, 2.05) is 4.90 Å². The molecule has 1 aliphatic rings. The average molecular weight is 155 g/mol. The molecule has 0 radical (unpaired) electrons. The van der Waals surface area contributed by atoms with Crippen molar-refractivity contribution in [2.45, 2.75) is 6.04 Å². The van der Waals surface area contributed by atoms with Crippen LogP contribution >= 0.6 is 0 Å². The molecule has 1 heterocycles. The fourth-order valence-corrected chi connectivity index (χ4v) is 1.27. The summed E-state index contributed by atoms with van der Waals surface area (Å²) in [7, 11) is 0. The standard InChI is InChI=1S/C7H13N3O/c8-5-7-6-9-1-2-10(7)3-4-11/h7,9,11H,1-4,6H2. The van der Waals surface area contributed by atoms with Gasteiger partial charge in [0, 0.05) is 26.2 Å². The Morgan fingerprint density at radius 1 is 1.73 bits per heavy atom. The molecule has 1 unspecified atom stereocenters. The monoisotopic (exact) mass is 155 g/mol. The van der Waals surface area contributed by atoms with Crippen molar-refractivity contribution in [3.05, 3.63) is 0 Å². The molecule has 1 saturated heterocycles.